The molecule has 1 aliphatic heterocycles. The van der Waals surface area contributed by atoms with Gasteiger partial charge in [-0.05, 0) is 55.4 Å². The van der Waals surface area contributed by atoms with Crippen LogP contribution in [0.5, 0.6) is 0 Å². The number of hydrogen-bond acceptors (Lipinski definition) is 6. The molecule has 1 N–H and O–H groups in total. The molecule has 5 rings (SSSR count). The molecule has 2 aromatic rings. The summed E-state index contributed by atoms with van der Waals surface area (Å²) in [5, 5.41) is 12.7. The molecule has 35 heavy (non-hydrogen) atoms. The quantitative estimate of drug-likeness (QED) is 0.572. The van der Waals surface area contributed by atoms with Crippen LogP contribution in [0.2, 0.25) is 5.02 Å². The summed E-state index contributed by atoms with van der Waals surface area (Å²) in [4.78, 5) is 28.7. The second-order valence-corrected chi connectivity index (χ2v) is 12.5. The van der Waals surface area contributed by atoms with Gasteiger partial charge in [0.05, 0.1) is 28.5 Å². The van der Waals surface area contributed by atoms with Crippen LogP contribution in [-0.4, -0.2) is 48.5 Å². The van der Waals surface area contributed by atoms with Crippen molar-refractivity contribution in [2.75, 3.05) is 6.54 Å². The number of nitrogens with zero attached hydrogens (tertiary/aromatic N) is 2. The molecule has 0 bridgehead atoms. The van der Waals surface area contributed by atoms with Crippen molar-refractivity contribution in [3.8, 4) is 6.07 Å². The molecule has 2 aliphatic carbocycles. The van der Waals surface area contributed by atoms with Crippen LogP contribution in [0.3, 0.4) is 0 Å². The molecule has 2 atom stereocenters. The molecule has 2 aromatic carbocycles. The minimum absolute atomic E-state index is 0.0766. The predicted octanol–water partition coefficient (Wildman–Crippen LogP) is 3.13. The SMILES string of the molecule is N#CC1(N(C(=O)[C@@H]2C[C@@H](S(=O)(=O)Cc3ccccc3)CN2)C(=O)C2(c3ccc(Cl)cc3)CC2)CC1. The van der Waals surface area contributed by atoms with E-state index in [1.165, 1.54) is 0 Å². The molecule has 0 unspecified atom stereocenters. The normalized spacial score (nSPS) is 23.8. The second-order valence-electron chi connectivity index (χ2n) is 9.82. The topological polar surface area (TPSA) is 107 Å². The van der Waals surface area contributed by atoms with Gasteiger partial charge in [0.25, 0.3) is 0 Å². The Morgan fingerprint density at radius 3 is 2.29 bits per heavy atom. The summed E-state index contributed by atoms with van der Waals surface area (Å²) in [7, 11) is -3.51. The van der Waals surface area contributed by atoms with Gasteiger partial charge >= 0.3 is 0 Å². The molecule has 2 saturated carbocycles. The molecule has 3 fully saturated rings. The lowest BCUT2D eigenvalue weighted by atomic mass is 9.93. The van der Waals surface area contributed by atoms with Gasteiger partial charge in [0.2, 0.25) is 11.8 Å². The van der Waals surface area contributed by atoms with Crippen molar-refractivity contribution >= 4 is 33.3 Å². The van der Waals surface area contributed by atoms with E-state index in [1.807, 2.05) is 6.07 Å². The molecular formula is C26H26ClN3O4S. The first-order valence-electron chi connectivity index (χ1n) is 11.8. The Hall–Kier alpha value is -2.73. The molecule has 1 heterocycles. The lowest BCUT2D eigenvalue weighted by Gasteiger charge is -2.31. The highest BCUT2D eigenvalue weighted by Crippen LogP contribution is 2.53. The number of imide groups is 1. The van der Waals surface area contributed by atoms with Gasteiger partial charge in [-0.25, -0.2) is 8.42 Å². The first kappa shape index (κ1) is 24.0. The number of nitrogens with one attached hydrogen (secondary N) is 1. The Labute approximate surface area is 210 Å². The number of sulfone groups is 1. The molecule has 0 spiro atoms. The van der Waals surface area contributed by atoms with Gasteiger partial charge in [0.15, 0.2) is 9.84 Å². The lowest BCUT2D eigenvalue weighted by Crippen LogP contribution is -2.55. The van der Waals surface area contributed by atoms with E-state index < -0.39 is 38.0 Å². The molecule has 9 heteroatoms. The number of hydrogen-bond donors (Lipinski definition) is 1. The Bertz CT molecular complexity index is 1300. The van der Waals surface area contributed by atoms with Gasteiger partial charge < -0.3 is 5.32 Å². The van der Waals surface area contributed by atoms with Crippen LogP contribution in [-0.2, 0) is 30.6 Å². The fraction of sp³-hybridized carbons (Fsp3) is 0.423. The van der Waals surface area contributed by atoms with Crippen LogP contribution in [0, 0.1) is 11.3 Å². The first-order chi connectivity index (χ1) is 16.7. The smallest absolute Gasteiger partial charge is 0.247 e. The molecule has 0 aromatic heterocycles. The van der Waals surface area contributed by atoms with E-state index in [0.29, 0.717) is 36.3 Å². The van der Waals surface area contributed by atoms with Gasteiger partial charge in [-0.15, -0.1) is 0 Å². The molecule has 2 amide bonds. The summed E-state index contributed by atoms with van der Waals surface area (Å²) in [6.45, 7) is 0.134. The van der Waals surface area contributed by atoms with E-state index >= 15 is 0 Å². The van der Waals surface area contributed by atoms with Gasteiger partial charge in [-0.1, -0.05) is 54.1 Å². The first-order valence-corrected chi connectivity index (χ1v) is 13.8. The van der Waals surface area contributed by atoms with Crippen molar-refractivity contribution in [2.24, 2.45) is 0 Å². The maximum Gasteiger partial charge on any atom is 0.247 e. The zero-order chi connectivity index (χ0) is 24.8. The summed E-state index contributed by atoms with van der Waals surface area (Å²) < 4.78 is 26.1. The highest BCUT2D eigenvalue weighted by molar-refractivity contribution is 7.91. The summed E-state index contributed by atoms with van der Waals surface area (Å²) in [6, 6.07) is 17.3. The van der Waals surface area contributed by atoms with Crippen molar-refractivity contribution in [1.29, 1.82) is 5.26 Å². The largest absolute Gasteiger partial charge is 0.305 e. The Balaban J connectivity index is 1.37. The highest BCUT2D eigenvalue weighted by atomic mass is 35.5. The van der Waals surface area contributed by atoms with Crippen molar-refractivity contribution in [1.82, 2.24) is 10.2 Å². The van der Waals surface area contributed by atoms with E-state index in [2.05, 4.69) is 11.4 Å². The van der Waals surface area contributed by atoms with E-state index in [9.17, 15) is 23.3 Å². The Morgan fingerprint density at radius 2 is 1.71 bits per heavy atom. The third-order valence-electron chi connectivity index (χ3n) is 7.45. The number of benzene rings is 2. The number of carbonyl (C=O) groups is 2. The van der Waals surface area contributed by atoms with Crippen LogP contribution >= 0.6 is 11.6 Å². The standard InChI is InChI=1S/C26H26ClN3O4S/c27-20-8-6-19(7-9-20)26(12-13-26)24(32)30(25(17-28)10-11-25)23(31)22-14-21(15-29-22)35(33,34)16-18-4-2-1-3-5-18/h1-9,21-22,29H,10-16H2/t21-,22+/m1/s1. The van der Waals surface area contributed by atoms with E-state index in [-0.39, 0.29) is 24.6 Å². The molecule has 182 valence electrons. The molecule has 3 aliphatic rings. The van der Waals surface area contributed by atoms with Crippen molar-refractivity contribution in [3.63, 3.8) is 0 Å². The summed E-state index contributed by atoms with van der Waals surface area (Å²) in [5.41, 5.74) is -0.525. The minimum atomic E-state index is -3.51. The summed E-state index contributed by atoms with van der Waals surface area (Å²) >= 11 is 6.02. The molecule has 0 radical (unpaired) electrons. The van der Waals surface area contributed by atoms with Crippen LogP contribution in [0.4, 0.5) is 0 Å². The van der Waals surface area contributed by atoms with Gasteiger partial charge in [-0.2, -0.15) is 5.26 Å². The average molecular weight is 512 g/mol. The number of carbonyl (C=O) groups excluding carboxylic acids is 2. The second kappa shape index (κ2) is 8.74. The van der Waals surface area contributed by atoms with E-state index in [1.54, 1.807) is 48.5 Å². The third kappa shape index (κ3) is 4.37. The third-order valence-corrected chi connectivity index (χ3v) is 9.81. The molecule has 7 nitrogen and oxygen atoms in total. The lowest BCUT2D eigenvalue weighted by molar-refractivity contribution is -0.150. The zero-order valence-corrected chi connectivity index (χ0v) is 20.7. The Morgan fingerprint density at radius 1 is 1.06 bits per heavy atom. The number of halogens is 1. The molecule has 1 saturated heterocycles. The fourth-order valence-corrected chi connectivity index (χ4v) is 6.84. The van der Waals surface area contributed by atoms with Crippen molar-refractivity contribution in [2.45, 2.75) is 60.1 Å². The van der Waals surface area contributed by atoms with Crippen LogP contribution in [0.25, 0.3) is 0 Å². The van der Waals surface area contributed by atoms with Gasteiger partial charge in [0, 0.05) is 11.6 Å². The van der Waals surface area contributed by atoms with Crippen LogP contribution in [0.1, 0.15) is 43.2 Å². The Kier molecular flexibility index (Phi) is 5.99. The van der Waals surface area contributed by atoms with Crippen molar-refractivity contribution < 1.29 is 18.0 Å². The highest BCUT2D eigenvalue weighted by Gasteiger charge is 2.62. The minimum Gasteiger partial charge on any atom is -0.305 e. The maximum atomic E-state index is 13.9. The zero-order valence-electron chi connectivity index (χ0n) is 19.1. The number of rotatable bonds is 7. The summed E-state index contributed by atoms with van der Waals surface area (Å²) in [5.74, 6) is -0.987. The number of nitriles is 1. The van der Waals surface area contributed by atoms with Crippen molar-refractivity contribution in [3.05, 3.63) is 70.7 Å². The van der Waals surface area contributed by atoms with Gasteiger partial charge in [-0.3, -0.25) is 14.5 Å². The fourth-order valence-electron chi connectivity index (χ4n) is 4.99. The monoisotopic (exact) mass is 511 g/mol. The number of amides is 2. The van der Waals surface area contributed by atoms with Crippen LogP contribution < -0.4 is 5.32 Å². The maximum absolute atomic E-state index is 13.9. The van der Waals surface area contributed by atoms with Gasteiger partial charge in [0.1, 0.15) is 5.54 Å². The van der Waals surface area contributed by atoms with E-state index in [0.717, 1.165) is 10.5 Å². The molecular weight excluding hydrogens is 486 g/mol. The van der Waals surface area contributed by atoms with Crippen LogP contribution in [0.15, 0.2) is 54.6 Å². The van der Waals surface area contributed by atoms with E-state index in [4.69, 9.17) is 11.6 Å². The predicted molar refractivity (Wildman–Crippen MR) is 131 cm³/mol. The summed E-state index contributed by atoms with van der Waals surface area (Å²) in [6.07, 6.45) is 2.11. The average Bonchev–Trinajstić information content (AvgIpc) is 3.77.